The average Bonchev–Trinajstić information content (AvgIpc) is 3.47. The van der Waals surface area contributed by atoms with Gasteiger partial charge in [0.25, 0.3) is 5.56 Å². The molecule has 1 aromatic heterocycles. The first-order valence-electron chi connectivity index (χ1n) is 8.85. The lowest BCUT2D eigenvalue weighted by Gasteiger charge is -2.13. The van der Waals surface area contributed by atoms with E-state index in [1.807, 2.05) is 0 Å². The molecule has 7 nitrogen and oxygen atoms in total. The third-order valence-electron chi connectivity index (χ3n) is 4.47. The van der Waals surface area contributed by atoms with Gasteiger partial charge < -0.3 is 4.74 Å². The zero-order chi connectivity index (χ0) is 21.4. The predicted molar refractivity (Wildman–Crippen MR) is 98.3 cm³/mol. The summed E-state index contributed by atoms with van der Waals surface area (Å²) in [6.07, 6.45) is -3.25. The molecule has 158 valence electrons. The summed E-state index contributed by atoms with van der Waals surface area (Å²) in [6.45, 7) is -0.266. The highest BCUT2D eigenvalue weighted by molar-refractivity contribution is 7.89. The van der Waals surface area contributed by atoms with Crippen molar-refractivity contribution in [3.8, 4) is 5.75 Å². The average molecular weight is 431 g/mol. The Labute approximate surface area is 165 Å². The Hall–Kier alpha value is -2.40. The Kier molecular flexibility index (Phi) is 5.72. The lowest BCUT2D eigenvalue weighted by Crippen LogP contribution is -2.33. The van der Waals surface area contributed by atoms with Gasteiger partial charge in [-0.25, -0.2) is 17.4 Å². The van der Waals surface area contributed by atoms with Crippen LogP contribution in [0.1, 0.15) is 30.0 Å². The molecule has 11 heteroatoms. The van der Waals surface area contributed by atoms with Gasteiger partial charge in [0.1, 0.15) is 17.9 Å². The molecule has 0 N–H and O–H groups in total. The molecule has 3 rings (SSSR count). The Balaban J connectivity index is 1.72. The van der Waals surface area contributed by atoms with Crippen LogP contribution in [0.25, 0.3) is 0 Å². The Morgan fingerprint density at radius 1 is 1.21 bits per heavy atom. The molecular formula is C18H20F3N3O4S. The third kappa shape index (κ3) is 4.78. The molecule has 0 unspecified atom stereocenters. The summed E-state index contributed by atoms with van der Waals surface area (Å²) >= 11 is 0. The molecule has 1 aromatic carbocycles. The van der Waals surface area contributed by atoms with Crippen LogP contribution in [0.2, 0.25) is 0 Å². The molecular weight excluding hydrogens is 411 g/mol. The Bertz CT molecular complexity index is 1040. The van der Waals surface area contributed by atoms with Gasteiger partial charge in [-0.05, 0) is 43.2 Å². The van der Waals surface area contributed by atoms with Gasteiger partial charge in [0.2, 0.25) is 10.0 Å². The second-order valence-electron chi connectivity index (χ2n) is 6.89. The summed E-state index contributed by atoms with van der Waals surface area (Å²) in [5.74, 6) is 0.278. The fourth-order valence-corrected chi connectivity index (χ4v) is 3.57. The number of ether oxygens (including phenoxy) is 1. The van der Waals surface area contributed by atoms with E-state index >= 15 is 0 Å². The molecule has 0 spiro atoms. The topological polar surface area (TPSA) is 81.5 Å². The number of rotatable bonds is 7. The molecule has 0 amide bonds. The lowest BCUT2D eigenvalue weighted by atomic mass is 10.2. The minimum Gasteiger partial charge on any atom is -0.492 e. The van der Waals surface area contributed by atoms with Gasteiger partial charge in [0.15, 0.2) is 0 Å². The number of alkyl halides is 3. The van der Waals surface area contributed by atoms with Crippen LogP contribution < -0.4 is 10.3 Å². The van der Waals surface area contributed by atoms with Gasteiger partial charge in [-0.15, -0.1) is 0 Å². The number of hydrogen-bond donors (Lipinski definition) is 0. The minimum atomic E-state index is -4.75. The number of benzene rings is 1. The van der Waals surface area contributed by atoms with Crippen LogP contribution in [-0.2, 0) is 22.7 Å². The van der Waals surface area contributed by atoms with E-state index in [4.69, 9.17) is 4.74 Å². The molecule has 1 heterocycles. The highest BCUT2D eigenvalue weighted by atomic mass is 32.2. The summed E-state index contributed by atoms with van der Waals surface area (Å²) in [5.41, 5.74) is -2.18. The SMILES string of the molecule is CN(C)S(=O)(=O)c1ccc(OCCn2nc(C3CC3)cc(C(F)(F)F)c2=O)cc1. The molecule has 0 bridgehead atoms. The maximum atomic E-state index is 13.1. The smallest absolute Gasteiger partial charge is 0.421 e. The van der Waals surface area contributed by atoms with Gasteiger partial charge in [-0.2, -0.15) is 18.3 Å². The number of aromatic nitrogens is 2. The second kappa shape index (κ2) is 7.79. The number of sulfonamides is 1. The largest absolute Gasteiger partial charge is 0.492 e. The molecule has 0 radical (unpaired) electrons. The number of nitrogens with zero attached hydrogens (tertiary/aromatic N) is 3. The fraction of sp³-hybridized carbons (Fsp3) is 0.444. The van der Waals surface area contributed by atoms with Gasteiger partial charge in [-0.3, -0.25) is 4.79 Å². The minimum absolute atomic E-state index is 0.0462. The van der Waals surface area contributed by atoms with Crippen molar-refractivity contribution < 1.29 is 26.3 Å². The van der Waals surface area contributed by atoms with E-state index < -0.39 is 27.3 Å². The van der Waals surface area contributed by atoms with Gasteiger partial charge in [0, 0.05) is 20.0 Å². The van der Waals surface area contributed by atoms with Crippen molar-refractivity contribution in [2.24, 2.45) is 0 Å². The van der Waals surface area contributed by atoms with Crippen LogP contribution >= 0.6 is 0 Å². The van der Waals surface area contributed by atoms with Crippen LogP contribution in [0, 0.1) is 0 Å². The van der Waals surface area contributed by atoms with Gasteiger partial charge in [0.05, 0.1) is 17.1 Å². The highest BCUT2D eigenvalue weighted by Gasteiger charge is 2.37. The first kappa shape index (κ1) is 21.3. The van der Waals surface area contributed by atoms with Crippen LogP contribution in [0.3, 0.4) is 0 Å². The van der Waals surface area contributed by atoms with Gasteiger partial charge in [-0.1, -0.05) is 0 Å². The maximum absolute atomic E-state index is 13.1. The van der Waals surface area contributed by atoms with E-state index in [9.17, 15) is 26.4 Å². The van der Waals surface area contributed by atoms with Crippen molar-refractivity contribution in [3.05, 3.63) is 51.9 Å². The van der Waals surface area contributed by atoms with E-state index in [0.29, 0.717) is 5.75 Å². The monoisotopic (exact) mass is 431 g/mol. The fourth-order valence-electron chi connectivity index (χ4n) is 2.66. The summed E-state index contributed by atoms with van der Waals surface area (Å²) in [7, 11) is -0.748. The standard InChI is InChI=1S/C18H20F3N3O4S/c1-23(2)29(26,27)14-7-5-13(6-8-14)28-10-9-24-17(25)15(18(19,20)21)11-16(22-24)12-3-4-12/h5-8,11-12H,3-4,9-10H2,1-2H3. The molecule has 1 fully saturated rings. The highest BCUT2D eigenvalue weighted by Crippen LogP contribution is 2.40. The van der Waals surface area contributed by atoms with Crippen molar-refractivity contribution in [1.82, 2.24) is 14.1 Å². The van der Waals surface area contributed by atoms with Crippen LogP contribution in [0.5, 0.6) is 5.75 Å². The van der Waals surface area contributed by atoms with E-state index in [2.05, 4.69) is 5.10 Å². The van der Waals surface area contributed by atoms with Crippen molar-refractivity contribution in [1.29, 1.82) is 0 Å². The van der Waals surface area contributed by atoms with E-state index in [1.54, 1.807) is 0 Å². The maximum Gasteiger partial charge on any atom is 0.421 e. The molecule has 1 saturated carbocycles. The molecule has 29 heavy (non-hydrogen) atoms. The van der Waals surface area contributed by atoms with Crippen molar-refractivity contribution >= 4 is 10.0 Å². The lowest BCUT2D eigenvalue weighted by molar-refractivity contribution is -0.139. The summed E-state index contributed by atoms with van der Waals surface area (Å²) < 4.78 is 70.8. The Morgan fingerprint density at radius 2 is 1.83 bits per heavy atom. The van der Waals surface area contributed by atoms with Crippen molar-refractivity contribution in [2.75, 3.05) is 20.7 Å². The normalized spacial score (nSPS) is 15.0. The predicted octanol–water partition coefficient (Wildman–Crippen LogP) is 2.47. The zero-order valence-electron chi connectivity index (χ0n) is 15.8. The summed E-state index contributed by atoms with van der Waals surface area (Å²) in [6, 6.07) is 6.44. The van der Waals surface area contributed by atoms with E-state index in [0.717, 1.165) is 27.9 Å². The Morgan fingerprint density at radius 3 is 2.34 bits per heavy atom. The van der Waals surface area contributed by atoms with Crippen molar-refractivity contribution in [2.45, 2.75) is 36.4 Å². The van der Waals surface area contributed by atoms with Crippen molar-refractivity contribution in [3.63, 3.8) is 0 Å². The summed E-state index contributed by atoms with van der Waals surface area (Å²) in [5, 5.41) is 4.04. The first-order valence-corrected chi connectivity index (χ1v) is 10.3. The first-order chi connectivity index (χ1) is 13.5. The van der Waals surface area contributed by atoms with E-state index in [-0.39, 0.29) is 29.7 Å². The van der Waals surface area contributed by atoms with Gasteiger partial charge >= 0.3 is 6.18 Å². The molecule has 0 aliphatic heterocycles. The van der Waals surface area contributed by atoms with Crippen LogP contribution in [-0.4, -0.2) is 43.2 Å². The number of halogens is 3. The summed E-state index contributed by atoms with van der Waals surface area (Å²) in [4.78, 5) is 12.2. The van der Waals surface area contributed by atoms with Crippen LogP contribution in [0.4, 0.5) is 13.2 Å². The molecule has 2 aromatic rings. The quantitative estimate of drug-likeness (QED) is 0.673. The van der Waals surface area contributed by atoms with Crippen LogP contribution in [0.15, 0.2) is 40.0 Å². The molecule has 1 aliphatic carbocycles. The third-order valence-corrected chi connectivity index (χ3v) is 6.30. The zero-order valence-corrected chi connectivity index (χ0v) is 16.6. The number of hydrogen-bond acceptors (Lipinski definition) is 5. The second-order valence-corrected chi connectivity index (χ2v) is 9.04. The molecule has 0 saturated heterocycles. The molecule has 1 aliphatic rings. The molecule has 0 atom stereocenters. The van der Waals surface area contributed by atoms with E-state index in [1.165, 1.54) is 38.4 Å².